The van der Waals surface area contributed by atoms with Crippen LogP contribution in [0.2, 0.25) is 25.7 Å². The summed E-state index contributed by atoms with van der Waals surface area (Å²) in [5.74, 6) is -1.05. The number of hydrogen-bond acceptors (Lipinski definition) is 11. The summed E-state index contributed by atoms with van der Waals surface area (Å²) in [7, 11) is -1.18. The van der Waals surface area contributed by atoms with Crippen LogP contribution in [-0.2, 0) is 25.9 Å². The van der Waals surface area contributed by atoms with Gasteiger partial charge in [-0.25, -0.2) is 33.4 Å². The second-order valence-corrected chi connectivity index (χ2v) is 27.6. The lowest BCUT2D eigenvalue weighted by molar-refractivity contribution is -0.115. The van der Waals surface area contributed by atoms with Crippen molar-refractivity contribution in [3.05, 3.63) is 180 Å². The molecule has 10 aromatic heterocycles. The molecule has 20 nitrogen and oxygen atoms in total. The number of nitrogen functional groups attached to an aromatic ring is 1. The Balaban J connectivity index is 0.000000158. The fourth-order valence-electron chi connectivity index (χ4n) is 8.63. The summed E-state index contributed by atoms with van der Waals surface area (Å²) in [6, 6.07) is 20.9. The van der Waals surface area contributed by atoms with Crippen LogP contribution in [0.4, 0.5) is 31.5 Å². The molecule has 6 N–H and O–H groups in total. The Morgan fingerprint density at radius 3 is 1.52 bits per heavy atom. The molecule has 0 aliphatic carbocycles. The lowest BCUT2D eigenvalue weighted by atomic mass is 10.0. The van der Waals surface area contributed by atoms with Gasteiger partial charge in [-0.2, -0.15) is 10.2 Å². The zero-order chi connectivity index (χ0) is 61.0. The molecule has 438 valence electrons. The zero-order valence-corrected chi connectivity index (χ0v) is 51.9. The molecule has 12 aromatic rings. The van der Waals surface area contributed by atoms with Crippen molar-refractivity contribution in [1.29, 1.82) is 0 Å². The van der Waals surface area contributed by atoms with Crippen LogP contribution >= 0.6 is 31.9 Å². The van der Waals surface area contributed by atoms with Crippen LogP contribution in [0, 0.1) is 11.6 Å². The molecule has 0 fully saturated rings. The van der Waals surface area contributed by atoms with Crippen LogP contribution in [0.5, 0.6) is 0 Å². The smallest absolute Gasteiger partial charge is 0.221 e. The number of anilines is 4. The van der Waals surface area contributed by atoms with Crippen LogP contribution in [0.1, 0.15) is 34.6 Å². The van der Waals surface area contributed by atoms with Crippen LogP contribution in [-0.4, -0.2) is 89.9 Å². The van der Waals surface area contributed by atoms with Gasteiger partial charge in [0.2, 0.25) is 17.7 Å². The molecule has 0 aliphatic heterocycles. The molecule has 10 heterocycles. The number of carbonyl (C=O) groups is 3. The Hall–Kier alpha value is -9.17. The fourth-order valence-corrected chi connectivity index (χ4v) is 10.3. The monoisotopic (exact) mass is 1290 g/mol. The van der Waals surface area contributed by atoms with E-state index in [-0.39, 0.29) is 29.4 Å². The first kappa shape index (κ1) is 61.9. The molecule has 85 heavy (non-hydrogen) atoms. The third-order valence-electron chi connectivity index (χ3n) is 12.3. The van der Waals surface area contributed by atoms with Gasteiger partial charge in [0.1, 0.15) is 24.1 Å². The summed E-state index contributed by atoms with van der Waals surface area (Å²) < 4.78 is 43.7. The van der Waals surface area contributed by atoms with Gasteiger partial charge in [-0.1, -0.05) is 33.5 Å². The van der Waals surface area contributed by atoms with E-state index in [9.17, 15) is 23.2 Å². The molecule has 0 radical (unpaired) electrons. The molecule has 25 heteroatoms. The molecule has 0 atom stereocenters. The highest BCUT2D eigenvalue weighted by atomic mass is 79.9. The second kappa shape index (κ2) is 27.9. The van der Waals surface area contributed by atoms with Gasteiger partial charge in [0.15, 0.2) is 22.6 Å². The number of aromatic nitrogens is 12. The van der Waals surface area contributed by atoms with Crippen molar-refractivity contribution in [2.75, 3.05) is 28.3 Å². The van der Waals surface area contributed by atoms with E-state index in [0.29, 0.717) is 53.1 Å². The molecule has 12 rings (SSSR count). The predicted octanol–water partition coefficient (Wildman–Crippen LogP) is 13.5. The Labute approximate surface area is 505 Å². The molecular weight excluding hydrogens is 1230 g/mol. The number of ether oxygens (including phenoxy) is 1. The molecule has 0 saturated carbocycles. The maximum absolute atomic E-state index is 13.6. The van der Waals surface area contributed by atoms with Crippen molar-refractivity contribution in [2.24, 2.45) is 0 Å². The van der Waals surface area contributed by atoms with Gasteiger partial charge in [0.05, 0.1) is 34.6 Å². The van der Waals surface area contributed by atoms with Crippen molar-refractivity contribution < 1.29 is 27.9 Å². The second-order valence-electron chi connectivity index (χ2n) is 20.1. The number of carbonyl (C=O) groups excluding carboxylic acids is 3. The van der Waals surface area contributed by atoms with Gasteiger partial charge in [0.25, 0.3) is 0 Å². The summed E-state index contributed by atoms with van der Waals surface area (Å²) in [6.07, 6.45) is 25.3. The molecule has 2 aromatic carbocycles. The third-order valence-corrected chi connectivity index (χ3v) is 14.9. The lowest BCUT2D eigenvalue weighted by Crippen LogP contribution is -2.22. The van der Waals surface area contributed by atoms with Crippen LogP contribution in [0.3, 0.4) is 0 Å². The maximum atomic E-state index is 13.6. The SMILES string of the molecule is CC.CC(=O)Nc1cc(-c2cn(COCC[Si](C)(C)C)nc2-c2ccc(F)cc2)cn2ccnc12.CC(=O)Nc1cc(-c2cn[nH]c2-c2ccc(F)cc2)cn2ccnc12.CC(=O)Nc1cc(Br)cn2ccnc12.Nc1cc(Br)cn2ccnc12. The van der Waals surface area contributed by atoms with Gasteiger partial charge in [0, 0.05) is 158 Å². The van der Waals surface area contributed by atoms with Crippen molar-refractivity contribution in [1.82, 2.24) is 57.5 Å². The highest BCUT2D eigenvalue weighted by molar-refractivity contribution is 9.10. The number of fused-ring (bicyclic) bond motifs is 4. The van der Waals surface area contributed by atoms with Gasteiger partial charge < -0.3 is 44.0 Å². The van der Waals surface area contributed by atoms with Crippen molar-refractivity contribution >= 4 is 103 Å². The summed E-state index contributed by atoms with van der Waals surface area (Å²) >= 11 is 6.70. The van der Waals surface area contributed by atoms with E-state index in [1.54, 1.807) is 59.9 Å². The highest BCUT2D eigenvalue weighted by Gasteiger charge is 2.19. The Bertz CT molecular complexity index is 4260. The third kappa shape index (κ3) is 16.1. The number of nitrogens with zero attached hydrogens (tertiary/aromatic N) is 11. The van der Waals surface area contributed by atoms with E-state index < -0.39 is 8.07 Å². The van der Waals surface area contributed by atoms with Crippen molar-refractivity contribution in [3.8, 4) is 44.8 Å². The number of H-pyrrole nitrogens is 1. The molecule has 0 unspecified atom stereocenters. The number of nitrogens with two attached hydrogens (primary N) is 1. The van der Waals surface area contributed by atoms with Crippen molar-refractivity contribution in [3.63, 3.8) is 0 Å². The quantitative estimate of drug-likeness (QED) is 0.0569. The first-order chi connectivity index (χ1) is 40.7. The van der Waals surface area contributed by atoms with E-state index in [1.165, 1.54) is 45.0 Å². The van der Waals surface area contributed by atoms with E-state index in [0.717, 1.165) is 65.4 Å². The van der Waals surface area contributed by atoms with Gasteiger partial charge >= 0.3 is 0 Å². The topological polar surface area (TPSA) is 238 Å². The Morgan fingerprint density at radius 2 is 1.02 bits per heavy atom. The molecule has 3 amide bonds. The molecule has 0 bridgehead atoms. The fraction of sp³-hybridized carbons (Fsp3) is 0.183. The highest BCUT2D eigenvalue weighted by Crippen LogP contribution is 2.35. The normalized spacial score (nSPS) is 11.0. The lowest BCUT2D eigenvalue weighted by Gasteiger charge is -2.15. The Morgan fingerprint density at radius 1 is 0.588 bits per heavy atom. The van der Waals surface area contributed by atoms with Gasteiger partial charge in [-0.3, -0.25) is 19.5 Å². The van der Waals surface area contributed by atoms with Crippen LogP contribution in [0.25, 0.3) is 67.4 Å². The number of hydrogen-bond donors (Lipinski definition) is 5. The first-order valence-electron chi connectivity index (χ1n) is 26.7. The number of pyridine rings is 4. The summed E-state index contributed by atoms with van der Waals surface area (Å²) in [5, 5.41) is 20.2. The molecule has 0 spiro atoms. The average molecular weight is 1300 g/mol. The van der Waals surface area contributed by atoms with Crippen LogP contribution < -0.4 is 21.7 Å². The first-order valence-corrected chi connectivity index (χ1v) is 32.0. The maximum Gasteiger partial charge on any atom is 0.221 e. The van der Waals surface area contributed by atoms with Gasteiger partial charge in [-0.05, 0) is 111 Å². The standard InChI is InChI=1S/C24H28FN5O2Si.C18H14FN5O.C9H8BrN3O.C7H6BrN3.C2H6/c1-17(31)27-22-13-19(14-29-10-9-26-24(22)29)21-15-30(16-32-11-12-33(2,3)4)28-23(21)18-5-7-20(25)8-6-18;1-11(25)22-16-8-13(10-24-7-6-20-18(16)24)15-9-21-23-17(15)12-2-4-14(19)5-3-12;1-6(14)12-8-4-7(10)5-13-3-2-11-9(8)13;8-5-3-6(9)7-10-1-2-11(7)4-5;1-2/h5-10,13-15H,11-12,16H2,1-4H3,(H,27,31);2-10H,1H3,(H,21,23)(H,22,25);2-5H,1H3,(H,12,14);1-4H,9H2;1-2H3. The van der Waals surface area contributed by atoms with Crippen LogP contribution in [0.15, 0.2) is 168 Å². The van der Waals surface area contributed by atoms with E-state index >= 15 is 0 Å². The number of imidazole rings is 4. The summed E-state index contributed by atoms with van der Waals surface area (Å²) in [5.41, 5.74) is 17.6. The number of rotatable bonds is 12. The molecule has 0 aliphatic rings. The minimum atomic E-state index is -1.18. The largest absolute Gasteiger partial charge is 0.396 e. The predicted molar refractivity (Wildman–Crippen MR) is 339 cm³/mol. The number of nitrogens with one attached hydrogen (secondary N) is 4. The number of amides is 3. The minimum absolute atomic E-state index is 0.104. The summed E-state index contributed by atoms with van der Waals surface area (Å²) in [6.45, 7) is 16.3. The molecule has 0 saturated heterocycles. The molecular formula is C60H62Br2F2N16O4Si. The number of halogens is 4. The van der Waals surface area contributed by atoms with Gasteiger partial charge in [-0.15, -0.1) is 0 Å². The Kier molecular flexibility index (Phi) is 20.3. The van der Waals surface area contributed by atoms with E-state index in [1.807, 2.05) is 111 Å². The zero-order valence-electron chi connectivity index (χ0n) is 47.8. The van der Waals surface area contributed by atoms with E-state index in [2.05, 4.69) is 97.6 Å². The van der Waals surface area contributed by atoms with E-state index in [4.69, 9.17) is 15.6 Å². The summed E-state index contributed by atoms with van der Waals surface area (Å²) in [4.78, 5) is 51.0. The van der Waals surface area contributed by atoms with Crippen molar-refractivity contribution in [2.45, 2.75) is 67.0 Å². The number of aromatic amines is 1. The minimum Gasteiger partial charge on any atom is -0.396 e. The number of benzene rings is 2. The average Bonchev–Trinajstić information content (AvgIpc) is 2.34.